The quantitative estimate of drug-likeness (QED) is 0.170. The van der Waals surface area contributed by atoms with Gasteiger partial charge in [-0.15, -0.1) is 0 Å². The topological polar surface area (TPSA) is 43.6 Å². The molecule has 0 fully saturated rings. The highest BCUT2D eigenvalue weighted by Gasteiger charge is 2.37. The molecule has 0 unspecified atom stereocenters. The average molecular weight is 743 g/mol. The summed E-state index contributed by atoms with van der Waals surface area (Å²) in [7, 11) is 0. The van der Waals surface area contributed by atoms with Crippen molar-refractivity contribution in [1.82, 2.24) is 19.5 Å². The van der Waals surface area contributed by atoms with Gasteiger partial charge in [0.2, 0.25) is 0 Å². The lowest BCUT2D eigenvalue weighted by atomic mass is 9.81. The first-order valence-corrected chi connectivity index (χ1v) is 19.9. The molecule has 274 valence electrons. The molecular weight excluding hydrogens is 705 g/mol. The van der Waals surface area contributed by atoms with Crippen molar-refractivity contribution in [1.29, 1.82) is 0 Å². The van der Waals surface area contributed by atoms with Gasteiger partial charge in [0.05, 0.1) is 11.0 Å². The number of rotatable bonds is 6. The van der Waals surface area contributed by atoms with Crippen LogP contribution in [-0.2, 0) is 5.41 Å². The second kappa shape index (κ2) is 13.4. The van der Waals surface area contributed by atoms with Gasteiger partial charge >= 0.3 is 0 Å². The van der Waals surface area contributed by atoms with Gasteiger partial charge in [-0.1, -0.05) is 172 Å². The SMILES string of the molecule is CC1(C)c2cc(-c3ccc(-c4ccc5c(c4)c4ccccc4n5-c4ccccc4)cc3)ccc2-c2c(-c3nc(-c4ccccc4)nc(-c4ccccc4)n3)cccc21. The fourth-order valence-corrected chi connectivity index (χ4v) is 8.95. The predicted molar refractivity (Wildman–Crippen MR) is 239 cm³/mol. The summed E-state index contributed by atoms with van der Waals surface area (Å²) < 4.78 is 2.36. The minimum atomic E-state index is -0.220. The number of hydrogen-bond acceptors (Lipinski definition) is 3. The highest BCUT2D eigenvalue weighted by molar-refractivity contribution is 6.10. The smallest absolute Gasteiger partial charge is 0.164 e. The van der Waals surface area contributed by atoms with Crippen LogP contribution in [0.25, 0.3) is 95.0 Å². The fourth-order valence-electron chi connectivity index (χ4n) is 8.95. The maximum absolute atomic E-state index is 5.12. The molecule has 1 aliphatic rings. The van der Waals surface area contributed by atoms with Gasteiger partial charge in [-0.3, -0.25) is 0 Å². The average Bonchev–Trinajstić information content (AvgIpc) is 3.74. The lowest BCUT2D eigenvalue weighted by Crippen LogP contribution is -2.15. The first-order valence-electron chi connectivity index (χ1n) is 19.9. The van der Waals surface area contributed by atoms with E-state index in [-0.39, 0.29) is 5.41 Å². The molecule has 4 nitrogen and oxygen atoms in total. The Labute approximate surface area is 337 Å². The van der Waals surface area contributed by atoms with Crippen molar-refractivity contribution < 1.29 is 0 Å². The zero-order valence-electron chi connectivity index (χ0n) is 32.3. The third-order valence-corrected chi connectivity index (χ3v) is 11.9. The van der Waals surface area contributed by atoms with Crippen LogP contribution in [0.1, 0.15) is 25.0 Å². The molecule has 0 bridgehead atoms. The Morgan fingerprint density at radius 1 is 0.362 bits per heavy atom. The molecule has 0 saturated heterocycles. The highest BCUT2D eigenvalue weighted by Crippen LogP contribution is 2.52. The van der Waals surface area contributed by atoms with Crippen molar-refractivity contribution in [3.63, 3.8) is 0 Å². The Hall–Kier alpha value is -7.43. The summed E-state index contributed by atoms with van der Waals surface area (Å²) >= 11 is 0. The lowest BCUT2D eigenvalue weighted by molar-refractivity contribution is 0.660. The van der Waals surface area contributed by atoms with Crippen molar-refractivity contribution in [2.45, 2.75) is 19.3 Å². The van der Waals surface area contributed by atoms with Gasteiger partial charge in [-0.2, -0.15) is 0 Å². The van der Waals surface area contributed by atoms with E-state index in [2.05, 4.69) is 176 Å². The largest absolute Gasteiger partial charge is 0.309 e. The van der Waals surface area contributed by atoms with Crippen molar-refractivity contribution in [2.75, 3.05) is 0 Å². The molecule has 1 aliphatic carbocycles. The number of hydrogen-bond donors (Lipinski definition) is 0. The summed E-state index contributed by atoms with van der Waals surface area (Å²) in [5.74, 6) is 2.00. The van der Waals surface area contributed by atoms with Gasteiger partial charge in [0.25, 0.3) is 0 Å². The first-order chi connectivity index (χ1) is 28.5. The van der Waals surface area contributed by atoms with Crippen LogP contribution in [0.2, 0.25) is 0 Å². The first kappa shape index (κ1) is 33.9. The molecular formula is C54H38N4. The number of nitrogens with zero attached hydrogens (tertiary/aromatic N) is 4. The van der Waals surface area contributed by atoms with Crippen LogP contribution in [-0.4, -0.2) is 19.5 Å². The molecule has 2 aromatic heterocycles. The van der Waals surface area contributed by atoms with Gasteiger partial charge in [0.15, 0.2) is 17.5 Å². The Morgan fingerprint density at radius 2 is 0.897 bits per heavy atom. The summed E-state index contributed by atoms with van der Waals surface area (Å²) in [5, 5.41) is 2.51. The molecule has 11 rings (SSSR count). The van der Waals surface area contributed by atoms with Crippen LogP contribution in [0.3, 0.4) is 0 Å². The van der Waals surface area contributed by atoms with Crippen LogP contribution >= 0.6 is 0 Å². The van der Waals surface area contributed by atoms with E-state index in [1.165, 1.54) is 72.0 Å². The van der Waals surface area contributed by atoms with E-state index in [9.17, 15) is 0 Å². The molecule has 58 heavy (non-hydrogen) atoms. The van der Waals surface area contributed by atoms with Crippen LogP contribution in [0.15, 0.2) is 194 Å². The molecule has 10 aromatic rings. The predicted octanol–water partition coefficient (Wildman–Crippen LogP) is 13.6. The van der Waals surface area contributed by atoms with Crippen LogP contribution in [0.4, 0.5) is 0 Å². The Bertz CT molecular complexity index is 3110. The van der Waals surface area contributed by atoms with Crippen LogP contribution < -0.4 is 0 Å². The highest BCUT2D eigenvalue weighted by atomic mass is 15.0. The monoisotopic (exact) mass is 742 g/mol. The van der Waals surface area contributed by atoms with E-state index < -0.39 is 0 Å². The summed E-state index contributed by atoms with van der Waals surface area (Å²) in [5.41, 5.74) is 16.1. The molecule has 0 N–H and O–H groups in total. The van der Waals surface area contributed by atoms with Crippen LogP contribution in [0, 0.1) is 0 Å². The normalized spacial score (nSPS) is 12.8. The standard InChI is InChI=1S/C54H38N4/c1-54(2)46-23-14-22-44(53-56-51(37-15-6-3-7-16-37)55-52(57-53)38-17-8-4-9-18-38)50(46)43-31-29-40(34-47(43)54)36-27-25-35(26-28-36)39-30-32-49-45(33-39)42-21-12-13-24-48(42)58(49)41-19-10-5-11-20-41/h3-34H,1-2H3. The van der Waals surface area contributed by atoms with Gasteiger partial charge in [-0.05, 0) is 80.9 Å². The van der Waals surface area contributed by atoms with Crippen molar-refractivity contribution in [3.8, 4) is 73.2 Å². The third kappa shape index (κ3) is 5.48. The number of para-hydroxylation sites is 2. The second-order valence-corrected chi connectivity index (χ2v) is 15.6. The summed E-state index contributed by atoms with van der Waals surface area (Å²) in [6.45, 7) is 4.66. The second-order valence-electron chi connectivity index (χ2n) is 15.6. The zero-order chi connectivity index (χ0) is 38.8. The minimum absolute atomic E-state index is 0.220. The molecule has 0 radical (unpaired) electrons. The molecule has 0 amide bonds. The molecule has 0 spiro atoms. The van der Waals surface area contributed by atoms with E-state index in [1.54, 1.807) is 0 Å². The molecule has 0 atom stereocenters. The molecule has 8 aromatic carbocycles. The summed E-state index contributed by atoms with van der Waals surface area (Å²) in [6, 6.07) is 69.1. The Balaban J connectivity index is 0.968. The van der Waals surface area contributed by atoms with E-state index in [0.29, 0.717) is 17.5 Å². The van der Waals surface area contributed by atoms with Crippen molar-refractivity contribution in [3.05, 3.63) is 205 Å². The zero-order valence-corrected chi connectivity index (χ0v) is 32.3. The maximum Gasteiger partial charge on any atom is 0.164 e. The Kier molecular flexibility index (Phi) is 7.80. The Morgan fingerprint density at radius 3 is 1.57 bits per heavy atom. The number of aromatic nitrogens is 4. The van der Waals surface area contributed by atoms with Gasteiger partial charge in [0, 0.05) is 38.6 Å². The van der Waals surface area contributed by atoms with Gasteiger partial charge < -0.3 is 4.57 Å². The summed E-state index contributed by atoms with van der Waals surface area (Å²) in [4.78, 5) is 15.2. The van der Waals surface area contributed by atoms with E-state index in [1.807, 2.05) is 36.4 Å². The van der Waals surface area contributed by atoms with Crippen molar-refractivity contribution >= 4 is 21.8 Å². The van der Waals surface area contributed by atoms with Crippen molar-refractivity contribution in [2.24, 2.45) is 0 Å². The summed E-state index contributed by atoms with van der Waals surface area (Å²) in [6.07, 6.45) is 0. The lowest BCUT2D eigenvalue weighted by Gasteiger charge is -2.22. The molecule has 2 heterocycles. The molecule has 4 heteroatoms. The molecule has 0 saturated carbocycles. The minimum Gasteiger partial charge on any atom is -0.309 e. The van der Waals surface area contributed by atoms with E-state index >= 15 is 0 Å². The number of fused-ring (bicyclic) bond motifs is 6. The van der Waals surface area contributed by atoms with Gasteiger partial charge in [0.1, 0.15) is 0 Å². The van der Waals surface area contributed by atoms with E-state index in [4.69, 9.17) is 15.0 Å². The van der Waals surface area contributed by atoms with Gasteiger partial charge in [-0.25, -0.2) is 15.0 Å². The molecule has 0 aliphatic heterocycles. The van der Waals surface area contributed by atoms with E-state index in [0.717, 1.165) is 16.7 Å². The number of benzene rings is 8. The third-order valence-electron chi connectivity index (χ3n) is 11.9. The van der Waals surface area contributed by atoms with Crippen LogP contribution in [0.5, 0.6) is 0 Å². The maximum atomic E-state index is 5.12. The fraction of sp³-hybridized carbons (Fsp3) is 0.0556.